The maximum Gasteiger partial charge on any atom is 0.227 e. The highest BCUT2D eigenvalue weighted by Gasteiger charge is 2.28. The van der Waals surface area contributed by atoms with Gasteiger partial charge in [0.1, 0.15) is 5.84 Å². The summed E-state index contributed by atoms with van der Waals surface area (Å²) < 4.78 is 0. The third-order valence-corrected chi connectivity index (χ3v) is 4.59. The SMILES string of the molecule is Cc1cc2c(cc1C(=N)N)CN([C@H](C)c1ccccc1)C(=O)C2. The van der Waals surface area contributed by atoms with Crippen LogP contribution in [0.3, 0.4) is 0 Å². The second-order valence-corrected chi connectivity index (χ2v) is 6.13. The van der Waals surface area contributed by atoms with Crippen molar-refractivity contribution in [2.75, 3.05) is 0 Å². The molecule has 1 heterocycles. The van der Waals surface area contributed by atoms with E-state index in [9.17, 15) is 4.79 Å². The Morgan fingerprint density at radius 2 is 1.91 bits per heavy atom. The molecule has 0 aromatic heterocycles. The van der Waals surface area contributed by atoms with Crippen LogP contribution >= 0.6 is 0 Å². The van der Waals surface area contributed by atoms with Gasteiger partial charge in [0.2, 0.25) is 5.91 Å². The van der Waals surface area contributed by atoms with Crippen molar-refractivity contribution in [2.45, 2.75) is 32.9 Å². The van der Waals surface area contributed by atoms with E-state index in [0.29, 0.717) is 13.0 Å². The summed E-state index contributed by atoms with van der Waals surface area (Å²) in [6, 6.07) is 14.0. The molecule has 1 amide bonds. The minimum absolute atomic E-state index is 0.0268. The first-order valence-corrected chi connectivity index (χ1v) is 7.78. The molecule has 3 N–H and O–H groups in total. The molecule has 4 nitrogen and oxygen atoms in total. The monoisotopic (exact) mass is 307 g/mol. The Kier molecular flexibility index (Phi) is 3.90. The summed E-state index contributed by atoms with van der Waals surface area (Å²) in [7, 11) is 0. The smallest absolute Gasteiger partial charge is 0.227 e. The lowest BCUT2D eigenvalue weighted by Gasteiger charge is -2.34. The van der Waals surface area contributed by atoms with E-state index >= 15 is 0 Å². The number of nitrogens with one attached hydrogen (secondary N) is 1. The van der Waals surface area contributed by atoms with Crippen LogP contribution in [0.15, 0.2) is 42.5 Å². The maximum atomic E-state index is 12.6. The number of aryl methyl sites for hydroxylation is 1. The van der Waals surface area contributed by atoms with Crippen LogP contribution in [0, 0.1) is 12.3 Å². The van der Waals surface area contributed by atoms with Crippen LogP contribution < -0.4 is 5.73 Å². The molecule has 1 atom stereocenters. The molecule has 3 rings (SSSR count). The van der Waals surface area contributed by atoms with Crippen LogP contribution in [0.1, 0.15) is 40.8 Å². The Morgan fingerprint density at radius 1 is 1.22 bits per heavy atom. The van der Waals surface area contributed by atoms with Gasteiger partial charge >= 0.3 is 0 Å². The first-order valence-electron chi connectivity index (χ1n) is 7.78. The van der Waals surface area contributed by atoms with E-state index in [1.807, 2.05) is 54.3 Å². The number of hydrogen-bond acceptors (Lipinski definition) is 2. The summed E-state index contributed by atoms with van der Waals surface area (Å²) in [5, 5.41) is 7.70. The van der Waals surface area contributed by atoms with E-state index in [-0.39, 0.29) is 17.8 Å². The average molecular weight is 307 g/mol. The van der Waals surface area contributed by atoms with Gasteiger partial charge in [0, 0.05) is 12.1 Å². The summed E-state index contributed by atoms with van der Waals surface area (Å²) >= 11 is 0. The topological polar surface area (TPSA) is 70.2 Å². The molecule has 0 spiro atoms. The van der Waals surface area contributed by atoms with Crippen molar-refractivity contribution in [3.05, 3.63) is 70.3 Å². The lowest BCUT2D eigenvalue weighted by molar-refractivity contribution is -0.134. The Bertz CT molecular complexity index is 768. The minimum Gasteiger partial charge on any atom is -0.384 e. The Hall–Kier alpha value is -2.62. The van der Waals surface area contributed by atoms with Crippen LogP contribution in [-0.2, 0) is 17.8 Å². The molecule has 0 saturated heterocycles. The number of hydrogen-bond donors (Lipinski definition) is 2. The lowest BCUT2D eigenvalue weighted by Crippen LogP contribution is -2.38. The molecule has 0 aliphatic carbocycles. The molecule has 0 unspecified atom stereocenters. The van der Waals surface area contributed by atoms with Crippen molar-refractivity contribution in [2.24, 2.45) is 5.73 Å². The van der Waals surface area contributed by atoms with Gasteiger partial charge in [0.05, 0.1) is 12.5 Å². The Labute approximate surface area is 136 Å². The van der Waals surface area contributed by atoms with Crippen molar-refractivity contribution < 1.29 is 4.79 Å². The zero-order valence-corrected chi connectivity index (χ0v) is 13.5. The molecule has 1 aliphatic rings. The van der Waals surface area contributed by atoms with Gasteiger partial charge in [-0.2, -0.15) is 0 Å². The van der Waals surface area contributed by atoms with Crippen molar-refractivity contribution in [1.29, 1.82) is 5.41 Å². The number of nitrogens with zero attached hydrogens (tertiary/aromatic N) is 1. The second kappa shape index (κ2) is 5.88. The van der Waals surface area contributed by atoms with Gasteiger partial charge in [-0.3, -0.25) is 10.2 Å². The quantitative estimate of drug-likeness (QED) is 0.676. The molecular formula is C19H21N3O. The van der Waals surface area contributed by atoms with Gasteiger partial charge in [-0.15, -0.1) is 0 Å². The third-order valence-electron chi connectivity index (χ3n) is 4.59. The highest BCUT2D eigenvalue weighted by molar-refractivity contribution is 5.97. The number of nitrogens with two attached hydrogens (primary N) is 1. The van der Waals surface area contributed by atoms with E-state index in [0.717, 1.165) is 27.8 Å². The number of carbonyl (C=O) groups is 1. The summed E-state index contributed by atoms with van der Waals surface area (Å²) in [6.07, 6.45) is 0.408. The van der Waals surface area contributed by atoms with Crippen LogP contribution in [0.25, 0.3) is 0 Å². The number of nitrogen functional groups attached to an aromatic ring is 1. The first kappa shape index (κ1) is 15.3. The highest BCUT2D eigenvalue weighted by Crippen LogP contribution is 2.29. The highest BCUT2D eigenvalue weighted by atomic mass is 16.2. The Balaban J connectivity index is 1.95. The van der Waals surface area contributed by atoms with E-state index in [1.54, 1.807) is 0 Å². The van der Waals surface area contributed by atoms with E-state index in [2.05, 4.69) is 6.92 Å². The molecule has 0 saturated carbocycles. The van der Waals surface area contributed by atoms with Gasteiger partial charge in [0.15, 0.2) is 0 Å². The van der Waals surface area contributed by atoms with Crippen LogP contribution in [0.2, 0.25) is 0 Å². The number of fused-ring (bicyclic) bond motifs is 1. The molecule has 0 radical (unpaired) electrons. The molecule has 2 aromatic rings. The number of rotatable bonds is 3. The van der Waals surface area contributed by atoms with E-state index in [1.165, 1.54) is 0 Å². The summed E-state index contributed by atoms with van der Waals surface area (Å²) in [5.74, 6) is 0.216. The van der Waals surface area contributed by atoms with Crippen molar-refractivity contribution in [1.82, 2.24) is 4.90 Å². The molecular weight excluding hydrogens is 286 g/mol. The number of amides is 1. The van der Waals surface area contributed by atoms with Gasteiger partial charge in [-0.1, -0.05) is 36.4 Å². The molecule has 2 aromatic carbocycles. The van der Waals surface area contributed by atoms with Crippen LogP contribution in [-0.4, -0.2) is 16.6 Å². The molecule has 4 heteroatoms. The standard InChI is InChI=1S/C19H21N3O/c1-12-8-15-10-18(23)22(11-16(15)9-17(12)19(20)21)13(2)14-6-4-3-5-7-14/h3-9,13H,10-11H2,1-2H3,(H3,20,21)/t13-/m1/s1. The number of carbonyl (C=O) groups excluding carboxylic acids is 1. The fourth-order valence-corrected chi connectivity index (χ4v) is 3.22. The lowest BCUT2D eigenvalue weighted by atomic mass is 9.92. The van der Waals surface area contributed by atoms with E-state index < -0.39 is 0 Å². The normalized spacial score (nSPS) is 15.2. The van der Waals surface area contributed by atoms with Crippen LogP contribution in [0.5, 0.6) is 0 Å². The van der Waals surface area contributed by atoms with E-state index in [4.69, 9.17) is 11.1 Å². The van der Waals surface area contributed by atoms with Gasteiger partial charge in [-0.25, -0.2) is 0 Å². The first-order chi connectivity index (χ1) is 11.0. The summed E-state index contributed by atoms with van der Waals surface area (Å²) in [4.78, 5) is 14.5. The van der Waals surface area contributed by atoms with Crippen molar-refractivity contribution in [3.63, 3.8) is 0 Å². The van der Waals surface area contributed by atoms with Gasteiger partial charge < -0.3 is 10.6 Å². The fraction of sp³-hybridized carbons (Fsp3) is 0.263. The Morgan fingerprint density at radius 3 is 2.57 bits per heavy atom. The summed E-state index contributed by atoms with van der Waals surface area (Å²) in [5.41, 5.74) is 10.6. The van der Waals surface area contributed by atoms with Gasteiger partial charge in [-0.05, 0) is 42.2 Å². The number of benzene rings is 2. The zero-order chi connectivity index (χ0) is 16.6. The molecule has 0 fully saturated rings. The second-order valence-electron chi connectivity index (χ2n) is 6.13. The molecule has 1 aliphatic heterocycles. The minimum atomic E-state index is 0.0268. The predicted octanol–water partition coefficient (Wildman–Crippen LogP) is 2.92. The number of amidine groups is 1. The third kappa shape index (κ3) is 2.84. The van der Waals surface area contributed by atoms with Crippen molar-refractivity contribution in [3.8, 4) is 0 Å². The maximum absolute atomic E-state index is 12.6. The summed E-state index contributed by atoms with van der Waals surface area (Å²) in [6.45, 7) is 4.55. The fourth-order valence-electron chi connectivity index (χ4n) is 3.22. The van der Waals surface area contributed by atoms with Crippen molar-refractivity contribution >= 4 is 11.7 Å². The zero-order valence-electron chi connectivity index (χ0n) is 13.5. The average Bonchev–Trinajstić information content (AvgIpc) is 2.53. The molecule has 0 bridgehead atoms. The van der Waals surface area contributed by atoms with Gasteiger partial charge in [0.25, 0.3) is 0 Å². The molecule has 23 heavy (non-hydrogen) atoms. The predicted molar refractivity (Wildman–Crippen MR) is 91.3 cm³/mol. The van der Waals surface area contributed by atoms with Crippen LogP contribution in [0.4, 0.5) is 0 Å². The largest absolute Gasteiger partial charge is 0.384 e. The molecule has 118 valence electrons.